The van der Waals surface area contributed by atoms with E-state index in [9.17, 15) is 14.7 Å². The molecule has 0 fully saturated rings. The van der Waals surface area contributed by atoms with Crippen molar-refractivity contribution in [3.8, 4) is 0 Å². The molecule has 0 N–H and O–H groups in total. The Morgan fingerprint density at radius 2 is 1.86 bits per heavy atom. The van der Waals surface area contributed by atoms with Crippen molar-refractivity contribution in [3.63, 3.8) is 0 Å². The molecule has 21 heavy (non-hydrogen) atoms. The van der Waals surface area contributed by atoms with Gasteiger partial charge in [0.05, 0.1) is 0 Å². The summed E-state index contributed by atoms with van der Waals surface area (Å²) in [7, 11) is 0. The molecule has 0 aliphatic carbocycles. The van der Waals surface area contributed by atoms with Crippen LogP contribution in [-0.4, -0.2) is 45.3 Å². The predicted molar refractivity (Wildman–Crippen MR) is 71.3 cm³/mol. The number of carbonyl (C=O) groups excluding carboxylic acids is 1. The third-order valence-corrected chi connectivity index (χ3v) is 2.95. The van der Waals surface area contributed by atoms with Crippen LogP contribution in [0.25, 0.3) is 5.78 Å². The minimum Gasteiger partial charge on any atom is -0.530 e. The fraction of sp³-hybridized carbons (Fsp3) is 0.545. The number of anilines is 2. The summed E-state index contributed by atoms with van der Waals surface area (Å²) in [5.74, 6) is -0.773. The highest BCUT2D eigenvalue weighted by Gasteiger charge is 2.19. The number of carboxylic acid groups (broad SMARTS) is 1. The number of rotatable bonds is 5. The van der Waals surface area contributed by atoms with Crippen molar-refractivity contribution < 1.29 is 14.4 Å². The van der Waals surface area contributed by atoms with Gasteiger partial charge in [0.1, 0.15) is 6.09 Å². The van der Waals surface area contributed by atoms with E-state index >= 15 is 0 Å². The van der Waals surface area contributed by atoms with Gasteiger partial charge in [0.2, 0.25) is 5.95 Å². The van der Waals surface area contributed by atoms with Crippen LogP contribution in [0.2, 0.25) is 0 Å². The lowest BCUT2D eigenvalue weighted by Crippen LogP contribution is -2.43. The highest BCUT2D eigenvalue weighted by Crippen LogP contribution is 2.16. The van der Waals surface area contributed by atoms with Gasteiger partial charge in [0, 0.05) is 19.6 Å². The maximum atomic E-state index is 11.3. The summed E-state index contributed by atoms with van der Waals surface area (Å²) in [5.41, 5.74) is 0. The highest BCUT2D eigenvalue weighted by molar-refractivity contribution is 5.82. The van der Waals surface area contributed by atoms with Crippen molar-refractivity contribution in [1.29, 1.82) is 0 Å². The molecule has 2 rings (SSSR count). The van der Waals surface area contributed by atoms with Gasteiger partial charge in [-0.1, -0.05) is 4.57 Å². The van der Waals surface area contributed by atoms with Gasteiger partial charge in [-0.2, -0.15) is 9.97 Å². The van der Waals surface area contributed by atoms with E-state index in [0.29, 0.717) is 13.1 Å². The van der Waals surface area contributed by atoms with E-state index in [2.05, 4.69) is 15.0 Å². The van der Waals surface area contributed by atoms with E-state index in [1.807, 2.05) is 13.8 Å². The first-order valence-electron chi connectivity index (χ1n) is 6.53. The average Bonchev–Trinajstić information content (AvgIpc) is 2.81. The average molecular weight is 295 g/mol. The molecule has 0 aromatic carbocycles. The number of fused-ring (bicyclic) bond motifs is 1. The Labute approximate surface area is 119 Å². The standard InChI is InChI=1S/C11H16N6O4/c1-4-15(5-2)7-12-8-14-10(18)21-17(8)9(13-7)16(6-3)11(19)20/h4-6H2,1-3H3,(H,19,20)/p-1. The van der Waals surface area contributed by atoms with Gasteiger partial charge in [0.25, 0.3) is 11.7 Å². The Bertz CT molecular complexity index is 704. The van der Waals surface area contributed by atoms with Crippen LogP contribution in [0.1, 0.15) is 20.8 Å². The Hall–Kier alpha value is -2.65. The molecule has 0 radical (unpaired) electrons. The first kappa shape index (κ1) is 14.8. The largest absolute Gasteiger partial charge is 0.530 e. The molecule has 0 aliphatic rings. The van der Waals surface area contributed by atoms with Crippen LogP contribution in [0.4, 0.5) is 16.7 Å². The summed E-state index contributed by atoms with van der Waals surface area (Å²) in [4.78, 5) is 37.0. The van der Waals surface area contributed by atoms with Crippen molar-refractivity contribution in [2.75, 3.05) is 29.4 Å². The molecule has 0 spiro atoms. The molecule has 0 saturated heterocycles. The van der Waals surface area contributed by atoms with Crippen LogP contribution in [-0.2, 0) is 0 Å². The molecule has 0 unspecified atom stereocenters. The molecule has 0 bridgehead atoms. The lowest BCUT2D eigenvalue weighted by molar-refractivity contribution is -0.246. The number of amides is 1. The zero-order chi connectivity index (χ0) is 15.6. The van der Waals surface area contributed by atoms with Gasteiger partial charge in [0.15, 0.2) is 0 Å². The van der Waals surface area contributed by atoms with Crippen molar-refractivity contribution in [1.82, 2.24) is 19.5 Å². The van der Waals surface area contributed by atoms with Crippen molar-refractivity contribution in [2.24, 2.45) is 0 Å². The molecular weight excluding hydrogens is 280 g/mol. The van der Waals surface area contributed by atoms with E-state index in [1.165, 1.54) is 0 Å². The summed E-state index contributed by atoms with van der Waals surface area (Å²) in [6.45, 7) is 6.73. The molecule has 2 aromatic heterocycles. The fourth-order valence-electron chi connectivity index (χ4n) is 1.89. The first-order valence-corrected chi connectivity index (χ1v) is 6.53. The maximum absolute atomic E-state index is 11.3. The third-order valence-electron chi connectivity index (χ3n) is 2.95. The fourth-order valence-corrected chi connectivity index (χ4v) is 1.89. The van der Waals surface area contributed by atoms with Gasteiger partial charge in [-0.3, -0.25) is 4.90 Å². The van der Waals surface area contributed by atoms with Gasteiger partial charge in [-0.25, -0.2) is 4.79 Å². The second-order valence-electron chi connectivity index (χ2n) is 4.07. The Morgan fingerprint density at radius 3 is 2.38 bits per heavy atom. The normalized spacial score (nSPS) is 10.8. The predicted octanol–water partition coefficient (Wildman–Crippen LogP) is -0.907. The molecule has 2 heterocycles. The number of aromatic nitrogens is 4. The van der Waals surface area contributed by atoms with Crippen molar-refractivity contribution >= 4 is 23.8 Å². The summed E-state index contributed by atoms with van der Waals surface area (Å²) in [6, 6.07) is 0. The second kappa shape index (κ2) is 5.77. The Balaban J connectivity index is 2.70. The quantitative estimate of drug-likeness (QED) is 0.695. The zero-order valence-electron chi connectivity index (χ0n) is 11.9. The van der Waals surface area contributed by atoms with Gasteiger partial charge >= 0.3 is 5.76 Å². The van der Waals surface area contributed by atoms with Crippen LogP contribution in [0.3, 0.4) is 0 Å². The molecule has 10 heteroatoms. The highest BCUT2D eigenvalue weighted by atomic mass is 16.5. The number of nitrogens with zero attached hydrogens (tertiary/aromatic N) is 6. The Morgan fingerprint density at radius 1 is 1.19 bits per heavy atom. The number of hydrogen-bond donors (Lipinski definition) is 0. The van der Waals surface area contributed by atoms with Gasteiger partial charge in [-0.15, -0.1) is 4.98 Å². The van der Waals surface area contributed by atoms with Crippen LogP contribution in [0.5, 0.6) is 0 Å². The molecule has 114 valence electrons. The van der Waals surface area contributed by atoms with Crippen LogP contribution in [0, 0.1) is 0 Å². The monoisotopic (exact) mass is 295 g/mol. The molecule has 1 amide bonds. The lowest BCUT2D eigenvalue weighted by atomic mass is 10.5. The van der Waals surface area contributed by atoms with Gasteiger partial charge in [-0.05, 0) is 20.8 Å². The van der Waals surface area contributed by atoms with E-state index in [-0.39, 0.29) is 24.2 Å². The minimum atomic E-state index is -1.46. The SMILES string of the molecule is CCN(CC)c1nc(N(CC)C(=O)[O-])n2oc(=O)nc2n1. The molecule has 0 saturated carbocycles. The maximum Gasteiger partial charge on any atom is 0.462 e. The van der Waals surface area contributed by atoms with Gasteiger partial charge < -0.3 is 19.3 Å². The molecule has 2 aromatic rings. The molecule has 0 atom stereocenters. The lowest BCUT2D eigenvalue weighted by Gasteiger charge is -2.24. The van der Waals surface area contributed by atoms with E-state index in [1.54, 1.807) is 11.8 Å². The van der Waals surface area contributed by atoms with Crippen LogP contribution >= 0.6 is 0 Å². The summed E-state index contributed by atoms with van der Waals surface area (Å²) >= 11 is 0. The second-order valence-corrected chi connectivity index (χ2v) is 4.07. The summed E-state index contributed by atoms with van der Waals surface area (Å²) in [5, 5.41) is 11.2. The smallest absolute Gasteiger partial charge is 0.462 e. The van der Waals surface area contributed by atoms with E-state index < -0.39 is 11.8 Å². The third kappa shape index (κ3) is 2.64. The van der Waals surface area contributed by atoms with E-state index in [0.717, 1.165) is 9.47 Å². The summed E-state index contributed by atoms with van der Waals surface area (Å²) < 4.78 is 5.69. The van der Waals surface area contributed by atoms with Crippen molar-refractivity contribution in [3.05, 3.63) is 10.6 Å². The molecule has 10 nitrogen and oxygen atoms in total. The Kier molecular flexibility index (Phi) is 4.05. The topological polar surface area (TPSA) is 120 Å². The number of hydrogen-bond acceptors (Lipinski definition) is 8. The number of carbonyl (C=O) groups is 1. The van der Waals surface area contributed by atoms with E-state index in [4.69, 9.17) is 4.52 Å². The first-order chi connectivity index (χ1) is 10.0. The molecular formula is C11H15N6O4-. The zero-order valence-corrected chi connectivity index (χ0v) is 11.9. The minimum absolute atomic E-state index is 0.0494. The van der Waals surface area contributed by atoms with Crippen LogP contribution < -0.4 is 20.7 Å². The van der Waals surface area contributed by atoms with Crippen molar-refractivity contribution in [2.45, 2.75) is 20.8 Å². The van der Waals surface area contributed by atoms with Crippen LogP contribution in [0.15, 0.2) is 9.32 Å². The molecule has 0 aliphatic heterocycles. The summed E-state index contributed by atoms with van der Waals surface area (Å²) in [6.07, 6.45) is -1.46.